The smallest absolute Gasteiger partial charge is 0.267 e. The van der Waals surface area contributed by atoms with Crippen LogP contribution in [0.4, 0.5) is 5.82 Å². The molecule has 0 N–H and O–H groups in total. The van der Waals surface area contributed by atoms with Crippen molar-refractivity contribution in [3.8, 4) is 0 Å². The van der Waals surface area contributed by atoms with Crippen molar-refractivity contribution >= 4 is 51.7 Å². The van der Waals surface area contributed by atoms with Crippen LogP contribution in [0.2, 0.25) is 0 Å². The second-order valence-corrected chi connectivity index (χ2v) is 10.3. The number of hydrogen-bond donors (Lipinski definition) is 0. The van der Waals surface area contributed by atoms with Gasteiger partial charge in [0.1, 0.15) is 15.8 Å². The predicted molar refractivity (Wildman–Crippen MR) is 138 cm³/mol. The highest BCUT2D eigenvalue weighted by Crippen LogP contribution is 2.35. The summed E-state index contributed by atoms with van der Waals surface area (Å²) in [5, 5.41) is 0. The Morgan fingerprint density at radius 3 is 2.61 bits per heavy atom. The van der Waals surface area contributed by atoms with Gasteiger partial charge in [-0.3, -0.25) is 18.9 Å². The number of aryl methyl sites for hydroxylation is 1. The summed E-state index contributed by atoms with van der Waals surface area (Å²) in [5.74, 6) is 0.447. The number of benzene rings is 1. The third kappa shape index (κ3) is 3.77. The summed E-state index contributed by atoms with van der Waals surface area (Å²) in [6.45, 7) is 7.22. The summed E-state index contributed by atoms with van der Waals surface area (Å²) >= 11 is 6.67. The SMILES string of the molecule is Cc1cccn2c(=O)c(/C=C3\SC(=S)N(C(C)C)C3=O)c(N3CCc4ccccc4C3)nc12. The van der Waals surface area contributed by atoms with E-state index in [1.165, 1.54) is 22.9 Å². The number of amides is 1. The van der Waals surface area contributed by atoms with E-state index in [9.17, 15) is 9.59 Å². The number of fused-ring (bicyclic) bond motifs is 2. The van der Waals surface area contributed by atoms with E-state index < -0.39 is 0 Å². The zero-order valence-electron chi connectivity index (χ0n) is 18.7. The average Bonchev–Trinajstić information content (AvgIpc) is 3.08. The van der Waals surface area contributed by atoms with Gasteiger partial charge in [0, 0.05) is 25.3 Å². The van der Waals surface area contributed by atoms with Gasteiger partial charge in [-0.2, -0.15) is 0 Å². The Balaban J connectivity index is 1.68. The maximum absolute atomic E-state index is 13.7. The van der Waals surface area contributed by atoms with E-state index in [1.54, 1.807) is 21.6 Å². The van der Waals surface area contributed by atoms with E-state index in [-0.39, 0.29) is 17.5 Å². The maximum atomic E-state index is 13.7. The number of pyridine rings is 1. The molecule has 2 aliphatic heterocycles. The van der Waals surface area contributed by atoms with E-state index >= 15 is 0 Å². The van der Waals surface area contributed by atoms with Crippen molar-refractivity contribution in [2.24, 2.45) is 0 Å². The van der Waals surface area contributed by atoms with Gasteiger partial charge in [-0.15, -0.1) is 0 Å². The predicted octanol–water partition coefficient (Wildman–Crippen LogP) is 4.18. The topological polar surface area (TPSA) is 57.9 Å². The van der Waals surface area contributed by atoms with E-state index in [2.05, 4.69) is 23.1 Å². The molecule has 5 rings (SSSR count). The quantitative estimate of drug-likeness (QED) is 0.418. The van der Waals surface area contributed by atoms with Crippen LogP contribution in [-0.2, 0) is 17.8 Å². The fraction of sp³-hybridized carbons (Fsp3) is 0.280. The number of carbonyl (C=O) groups is 1. The molecule has 1 fully saturated rings. The first-order valence-electron chi connectivity index (χ1n) is 11.0. The monoisotopic (exact) mass is 476 g/mol. The van der Waals surface area contributed by atoms with Gasteiger partial charge in [-0.1, -0.05) is 54.3 Å². The molecule has 4 heterocycles. The first kappa shape index (κ1) is 21.9. The zero-order valence-corrected chi connectivity index (χ0v) is 20.4. The second-order valence-electron chi connectivity index (χ2n) is 8.62. The standard InChI is InChI=1S/C25H24N4O2S2/c1-15(2)29-24(31)20(33-25(29)32)13-19-22(26-21-16(3)7-6-11-28(21)23(19)30)27-12-10-17-8-4-5-9-18(17)14-27/h4-9,11,13,15H,10,12,14H2,1-3H3/b20-13-. The Kier molecular flexibility index (Phi) is 5.58. The van der Waals surface area contributed by atoms with Crippen molar-refractivity contribution in [1.29, 1.82) is 0 Å². The lowest BCUT2D eigenvalue weighted by atomic mass is 9.99. The summed E-state index contributed by atoms with van der Waals surface area (Å²) in [6.07, 6.45) is 4.28. The molecule has 1 aromatic carbocycles. The van der Waals surface area contributed by atoms with Crippen LogP contribution in [0.3, 0.4) is 0 Å². The number of thioether (sulfide) groups is 1. The van der Waals surface area contributed by atoms with E-state index in [4.69, 9.17) is 17.2 Å². The van der Waals surface area contributed by atoms with Crippen LogP contribution in [0.1, 0.15) is 36.1 Å². The van der Waals surface area contributed by atoms with Crippen molar-refractivity contribution in [2.45, 2.75) is 39.8 Å². The Hall–Kier alpha value is -2.97. The number of rotatable bonds is 3. The molecular weight excluding hydrogens is 452 g/mol. The van der Waals surface area contributed by atoms with Crippen LogP contribution in [0.25, 0.3) is 11.7 Å². The van der Waals surface area contributed by atoms with Gasteiger partial charge in [-0.05, 0) is 56.0 Å². The Morgan fingerprint density at radius 1 is 1.12 bits per heavy atom. The van der Waals surface area contributed by atoms with Gasteiger partial charge in [0.2, 0.25) is 0 Å². The third-order valence-electron chi connectivity index (χ3n) is 6.11. The van der Waals surface area contributed by atoms with Crippen LogP contribution in [0.5, 0.6) is 0 Å². The van der Waals surface area contributed by atoms with Crippen LogP contribution in [0.15, 0.2) is 52.3 Å². The number of anilines is 1. The zero-order chi connectivity index (χ0) is 23.3. The largest absolute Gasteiger partial charge is 0.351 e. The highest BCUT2D eigenvalue weighted by Gasteiger charge is 2.34. The maximum Gasteiger partial charge on any atom is 0.267 e. The molecule has 0 unspecified atom stereocenters. The Labute approximate surface area is 201 Å². The lowest BCUT2D eigenvalue weighted by molar-refractivity contribution is -0.123. The average molecular weight is 477 g/mol. The summed E-state index contributed by atoms with van der Waals surface area (Å²) in [4.78, 5) is 35.9. The lowest BCUT2D eigenvalue weighted by Crippen LogP contribution is -2.35. The molecule has 8 heteroatoms. The number of carbonyl (C=O) groups excluding carboxylic acids is 1. The number of aromatic nitrogens is 2. The fourth-order valence-corrected chi connectivity index (χ4v) is 5.91. The summed E-state index contributed by atoms with van der Waals surface area (Å²) in [6, 6.07) is 12.1. The van der Waals surface area contributed by atoms with Crippen molar-refractivity contribution in [2.75, 3.05) is 11.4 Å². The van der Waals surface area contributed by atoms with Gasteiger partial charge in [0.25, 0.3) is 11.5 Å². The van der Waals surface area contributed by atoms with Crippen molar-refractivity contribution in [3.05, 3.63) is 80.1 Å². The second kappa shape index (κ2) is 8.43. The molecule has 3 aromatic rings. The molecule has 168 valence electrons. The molecule has 0 radical (unpaired) electrons. The van der Waals surface area contributed by atoms with Crippen LogP contribution < -0.4 is 10.5 Å². The van der Waals surface area contributed by atoms with Gasteiger partial charge in [0.05, 0.1) is 10.5 Å². The first-order valence-corrected chi connectivity index (χ1v) is 12.2. The Bertz CT molecular complexity index is 1390. The van der Waals surface area contributed by atoms with Gasteiger partial charge in [0.15, 0.2) is 0 Å². The third-order valence-corrected chi connectivity index (χ3v) is 7.44. The summed E-state index contributed by atoms with van der Waals surface area (Å²) < 4.78 is 2.07. The van der Waals surface area contributed by atoms with Crippen LogP contribution in [0, 0.1) is 6.92 Å². The van der Waals surface area contributed by atoms with Crippen LogP contribution in [-0.4, -0.2) is 37.1 Å². The van der Waals surface area contributed by atoms with Crippen molar-refractivity contribution in [3.63, 3.8) is 0 Å². The Morgan fingerprint density at radius 2 is 1.88 bits per heavy atom. The van der Waals surface area contributed by atoms with Gasteiger partial charge in [-0.25, -0.2) is 4.98 Å². The van der Waals surface area contributed by atoms with Crippen molar-refractivity contribution < 1.29 is 4.79 Å². The minimum absolute atomic E-state index is 0.0417. The number of thiocarbonyl (C=S) groups is 1. The molecular formula is C25H24N4O2S2. The molecule has 0 aliphatic carbocycles. The van der Waals surface area contributed by atoms with Crippen molar-refractivity contribution in [1.82, 2.24) is 14.3 Å². The van der Waals surface area contributed by atoms with Crippen LogP contribution >= 0.6 is 24.0 Å². The molecule has 1 saturated heterocycles. The molecule has 0 bridgehead atoms. The molecule has 0 saturated carbocycles. The number of hydrogen-bond acceptors (Lipinski definition) is 6. The first-order chi connectivity index (χ1) is 15.8. The molecule has 2 aromatic heterocycles. The minimum atomic E-state index is -0.188. The fourth-order valence-electron chi connectivity index (χ4n) is 4.40. The van der Waals surface area contributed by atoms with E-state index in [0.717, 1.165) is 18.5 Å². The molecule has 33 heavy (non-hydrogen) atoms. The van der Waals surface area contributed by atoms with Gasteiger partial charge >= 0.3 is 0 Å². The molecule has 2 aliphatic rings. The summed E-state index contributed by atoms with van der Waals surface area (Å²) in [7, 11) is 0. The lowest BCUT2D eigenvalue weighted by Gasteiger charge is -2.31. The molecule has 6 nitrogen and oxygen atoms in total. The normalized spacial score (nSPS) is 17.5. The highest BCUT2D eigenvalue weighted by molar-refractivity contribution is 8.26. The highest BCUT2D eigenvalue weighted by atomic mass is 32.2. The minimum Gasteiger partial charge on any atom is -0.351 e. The van der Waals surface area contributed by atoms with E-state index in [1.807, 2.05) is 39.0 Å². The summed E-state index contributed by atoms with van der Waals surface area (Å²) in [5.41, 5.74) is 4.33. The molecule has 0 spiro atoms. The van der Waals surface area contributed by atoms with E-state index in [0.29, 0.717) is 32.8 Å². The number of nitrogens with zero attached hydrogens (tertiary/aromatic N) is 4. The molecule has 0 atom stereocenters. The molecule has 1 amide bonds. The van der Waals surface area contributed by atoms with Gasteiger partial charge < -0.3 is 4.90 Å².